The van der Waals surface area contributed by atoms with Crippen molar-refractivity contribution in [3.8, 4) is 0 Å². The first-order valence-electron chi connectivity index (χ1n) is 13.0. The molecule has 4 rings (SSSR count). The van der Waals surface area contributed by atoms with E-state index >= 15 is 0 Å². The van der Waals surface area contributed by atoms with Gasteiger partial charge in [0.1, 0.15) is 5.60 Å². The highest BCUT2D eigenvalue weighted by molar-refractivity contribution is 6.30. The van der Waals surface area contributed by atoms with Gasteiger partial charge < -0.3 is 15.5 Å². The molecule has 0 saturated heterocycles. The number of alkyl carbamates (subject to hydrolysis) is 1. The van der Waals surface area contributed by atoms with Crippen LogP contribution >= 0.6 is 11.6 Å². The molecule has 1 fully saturated rings. The van der Waals surface area contributed by atoms with Crippen LogP contribution in [-0.2, 0) is 4.74 Å². The molecule has 9 nitrogen and oxygen atoms in total. The Labute approximate surface area is 223 Å². The first kappa shape index (κ1) is 27.0. The van der Waals surface area contributed by atoms with Crippen molar-refractivity contribution in [3.05, 3.63) is 69.2 Å². The van der Waals surface area contributed by atoms with Crippen LogP contribution in [0.3, 0.4) is 0 Å². The van der Waals surface area contributed by atoms with Gasteiger partial charge in [-0.1, -0.05) is 37.1 Å². The number of halogens is 1. The molecule has 2 aromatic rings. The van der Waals surface area contributed by atoms with Gasteiger partial charge in [-0.15, -0.1) is 10.6 Å². The average molecular weight is 529 g/mol. The number of carbonyl (C=O) groups excluding carboxylic acids is 1. The Morgan fingerprint density at radius 1 is 1.22 bits per heavy atom. The summed E-state index contributed by atoms with van der Waals surface area (Å²) in [6.07, 6.45) is 6.66. The number of ether oxygens (including phenoxy) is 1. The molecule has 0 radical (unpaired) electrons. The molecule has 0 spiro atoms. The molecular weight excluding hydrogens is 492 g/mol. The Kier molecular flexibility index (Phi) is 8.44. The van der Waals surface area contributed by atoms with Crippen LogP contribution < -0.4 is 26.8 Å². The van der Waals surface area contributed by atoms with E-state index in [-0.39, 0.29) is 23.6 Å². The predicted octanol–water partition coefficient (Wildman–Crippen LogP) is 5.36. The summed E-state index contributed by atoms with van der Waals surface area (Å²) in [5.41, 5.74) is 7.54. The van der Waals surface area contributed by atoms with Crippen LogP contribution in [0.25, 0.3) is 0 Å². The Morgan fingerprint density at radius 2 is 1.97 bits per heavy atom. The minimum absolute atomic E-state index is 0.0140. The summed E-state index contributed by atoms with van der Waals surface area (Å²) in [6, 6.07) is 10.6. The number of hydrogen-bond acceptors (Lipinski definition) is 7. The Balaban J connectivity index is 1.48. The van der Waals surface area contributed by atoms with Gasteiger partial charge in [0, 0.05) is 23.0 Å². The molecule has 2 aliphatic rings. The summed E-state index contributed by atoms with van der Waals surface area (Å²) >= 11 is 6.28. The van der Waals surface area contributed by atoms with Gasteiger partial charge in [-0.2, -0.15) is 0 Å². The molecule has 1 aliphatic heterocycles. The van der Waals surface area contributed by atoms with Gasteiger partial charge in [0.25, 0.3) is 5.56 Å². The number of benzene rings is 1. The molecule has 3 N–H and O–H groups in total. The zero-order valence-electron chi connectivity index (χ0n) is 22.0. The van der Waals surface area contributed by atoms with Crippen LogP contribution in [0.15, 0.2) is 53.1 Å². The maximum atomic E-state index is 12.7. The molecule has 2 heterocycles. The third-order valence-electron chi connectivity index (χ3n) is 6.64. The average Bonchev–Trinajstić information content (AvgIpc) is 3.31. The van der Waals surface area contributed by atoms with Crippen LogP contribution in [0.2, 0.25) is 5.02 Å². The molecule has 200 valence electrons. The molecule has 1 aromatic carbocycles. The maximum Gasteiger partial charge on any atom is 0.408 e. The standard InChI is InChI=1S/C27H37ClN6O3/c1-5-7-21-17-33(32-30-21)23-14-15-24(35)34(31-23)22-12-10-18(11-13-22)25(19-8-6-9-20(28)16-19)29-26(36)37-27(2,3)4/h6,8-9,14-18,22,25,30,32H,5,7,10-13H2,1-4H3,(H,29,36). The van der Waals surface area contributed by atoms with Crippen LogP contribution in [-0.4, -0.2) is 21.5 Å². The number of hydrogen-bond donors (Lipinski definition) is 3. The lowest BCUT2D eigenvalue weighted by Crippen LogP contribution is -2.40. The number of nitrogens with zero attached hydrogens (tertiary/aromatic N) is 3. The predicted molar refractivity (Wildman–Crippen MR) is 145 cm³/mol. The number of anilines is 1. The van der Waals surface area contributed by atoms with Crippen molar-refractivity contribution in [2.24, 2.45) is 5.92 Å². The monoisotopic (exact) mass is 528 g/mol. The SMILES string of the molecule is CCCC1=CN(c2ccc(=O)n(C3CCC(C(NC(=O)OC(C)(C)C)c4cccc(Cl)c4)CC3)n2)NN1. The van der Waals surface area contributed by atoms with E-state index in [1.165, 1.54) is 0 Å². The fourth-order valence-corrected chi connectivity index (χ4v) is 5.16. The van der Waals surface area contributed by atoms with E-state index in [1.807, 2.05) is 51.2 Å². The van der Waals surface area contributed by atoms with Crippen LogP contribution in [0.4, 0.5) is 10.6 Å². The van der Waals surface area contributed by atoms with E-state index in [1.54, 1.807) is 21.8 Å². The van der Waals surface area contributed by atoms with Crippen molar-refractivity contribution in [1.82, 2.24) is 26.1 Å². The van der Waals surface area contributed by atoms with Crippen LogP contribution in [0.5, 0.6) is 0 Å². The van der Waals surface area contributed by atoms with Crippen LogP contribution in [0, 0.1) is 5.92 Å². The molecule has 1 aliphatic carbocycles. The summed E-state index contributed by atoms with van der Waals surface area (Å²) in [5, 5.41) is 10.2. The molecule has 1 saturated carbocycles. The quantitative estimate of drug-likeness (QED) is 0.444. The molecule has 10 heteroatoms. The van der Waals surface area contributed by atoms with Crippen molar-refractivity contribution in [1.29, 1.82) is 0 Å². The zero-order chi connectivity index (χ0) is 26.6. The third-order valence-corrected chi connectivity index (χ3v) is 6.87. The highest BCUT2D eigenvalue weighted by Crippen LogP contribution is 2.39. The molecule has 1 unspecified atom stereocenters. The second-order valence-electron chi connectivity index (χ2n) is 10.7. The summed E-state index contributed by atoms with van der Waals surface area (Å²) < 4.78 is 7.15. The molecule has 1 atom stereocenters. The fourth-order valence-electron chi connectivity index (χ4n) is 4.96. The van der Waals surface area contributed by atoms with E-state index in [0.29, 0.717) is 10.8 Å². The van der Waals surface area contributed by atoms with Crippen molar-refractivity contribution in [2.45, 2.75) is 83.9 Å². The van der Waals surface area contributed by atoms with E-state index in [9.17, 15) is 9.59 Å². The lowest BCUT2D eigenvalue weighted by molar-refractivity contribution is 0.0471. The Hall–Kier alpha value is -3.04. The highest BCUT2D eigenvalue weighted by Gasteiger charge is 2.32. The topological polar surface area (TPSA) is 101 Å². The number of carbonyl (C=O) groups is 1. The first-order valence-corrected chi connectivity index (χ1v) is 13.4. The summed E-state index contributed by atoms with van der Waals surface area (Å²) in [7, 11) is 0. The Morgan fingerprint density at radius 3 is 2.65 bits per heavy atom. The lowest BCUT2D eigenvalue weighted by atomic mass is 9.79. The van der Waals surface area contributed by atoms with Crippen molar-refractivity contribution in [3.63, 3.8) is 0 Å². The first-order chi connectivity index (χ1) is 17.6. The molecule has 37 heavy (non-hydrogen) atoms. The van der Waals surface area contributed by atoms with E-state index in [4.69, 9.17) is 16.3 Å². The molecular formula is C27H37ClN6O3. The second kappa shape index (κ2) is 11.6. The number of hydrazine groups is 2. The van der Waals surface area contributed by atoms with Crippen molar-refractivity contribution in [2.75, 3.05) is 5.01 Å². The summed E-state index contributed by atoms with van der Waals surface area (Å²) in [5.74, 6) is 0.828. The van der Waals surface area contributed by atoms with Gasteiger partial charge in [0.05, 0.1) is 12.1 Å². The minimum atomic E-state index is -0.593. The zero-order valence-corrected chi connectivity index (χ0v) is 22.7. The molecule has 1 amide bonds. The molecule has 0 bridgehead atoms. The van der Waals surface area contributed by atoms with Crippen LogP contribution in [0.1, 0.15) is 83.9 Å². The van der Waals surface area contributed by atoms with Gasteiger partial charge >= 0.3 is 6.09 Å². The summed E-state index contributed by atoms with van der Waals surface area (Å²) in [4.78, 5) is 25.4. The van der Waals surface area contributed by atoms with Gasteiger partial charge in [0.15, 0.2) is 5.82 Å². The van der Waals surface area contributed by atoms with E-state index < -0.39 is 11.7 Å². The van der Waals surface area contributed by atoms with Crippen molar-refractivity contribution >= 4 is 23.5 Å². The molecule has 1 aromatic heterocycles. The van der Waals surface area contributed by atoms with Gasteiger partial charge in [0.2, 0.25) is 0 Å². The third kappa shape index (κ3) is 7.05. The van der Waals surface area contributed by atoms with Gasteiger partial charge in [-0.25, -0.2) is 14.5 Å². The smallest absolute Gasteiger partial charge is 0.408 e. The van der Waals surface area contributed by atoms with E-state index in [0.717, 1.165) is 49.8 Å². The number of allylic oxidation sites excluding steroid dienone is 1. The maximum absolute atomic E-state index is 12.7. The number of rotatable bonds is 7. The van der Waals surface area contributed by atoms with Gasteiger partial charge in [-0.3, -0.25) is 4.79 Å². The van der Waals surface area contributed by atoms with Gasteiger partial charge in [-0.05, 0) is 82.6 Å². The normalized spacial score (nSPS) is 20.7. The second-order valence-corrected chi connectivity index (χ2v) is 11.2. The lowest BCUT2D eigenvalue weighted by Gasteiger charge is -2.35. The summed E-state index contributed by atoms with van der Waals surface area (Å²) in [6.45, 7) is 7.66. The Bertz CT molecular complexity index is 1180. The van der Waals surface area contributed by atoms with Crippen molar-refractivity contribution < 1.29 is 9.53 Å². The number of aromatic nitrogens is 2. The number of nitrogens with one attached hydrogen (secondary N) is 3. The van der Waals surface area contributed by atoms with E-state index in [2.05, 4.69) is 28.3 Å². The highest BCUT2D eigenvalue weighted by atomic mass is 35.5. The fraction of sp³-hybridized carbons (Fsp3) is 0.519. The largest absolute Gasteiger partial charge is 0.444 e. The minimum Gasteiger partial charge on any atom is -0.444 e. The number of amides is 1.